The fourth-order valence-electron chi connectivity index (χ4n) is 1.53. The van der Waals surface area contributed by atoms with Crippen LogP contribution in [0.4, 0.5) is 0 Å². The Labute approximate surface area is 101 Å². The molecule has 1 aromatic carbocycles. The summed E-state index contributed by atoms with van der Waals surface area (Å²) in [6.45, 7) is 0. The topological polar surface area (TPSA) is 0 Å². The van der Waals surface area contributed by atoms with Crippen LogP contribution in [0, 0.1) is 11.8 Å². The minimum Gasteiger partial charge on any atom is -0.151 e. The molecule has 0 aliphatic carbocycles. The van der Waals surface area contributed by atoms with Gasteiger partial charge in [-0.2, -0.15) is 11.3 Å². The molecule has 0 nitrogen and oxygen atoms in total. The molecule has 1 aromatic heterocycles. The van der Waals surface area contributed by atoms with Crippen molar-refractivity contribution in [3.63, 3.8) is 0 Å². The van der Waals surface area contributed by atoms with E-state index in [0.717, 1.165) is 24.8 Å². The summed E-state index contributed by atoms with van der Waals surface area (Å²) in [6.07, 6.45) is 3.24. The molecule has 0 fully saturated rings. The number of thiophene rings is 1. The summed E-state index contributed by atoms with van der Waals surface area (Å²) in [5.74, 6) is 6.39. The van der Waals surface area contributed by atoms with Gasteiger partial charge in [-0.25, -0.2) is 0 Å². The Balaban J connectivity index is 1.73. The predicted octanol–water partition coefficient (Wildman–Crippen LogP) is 4.12. The molecule has 2 aromatic rings. The fourth-order valence-corrected chi connectivity index (χ4v) is 2.11. The molecule has 0 saturated heterocycles. The van der Waals surface area contributed by atoms with Crippen LogP contribution in [-0.2, 0) is 6.42 Å². The van der Waals surface area contributed by atoms with Crippen molar-refractivity contribution in [3.8, 4) is 11.8 Å². The first-order chi connectivity index (χ1) is 7.95. The molecule has 0 N–H and O–H groups in total. The van der Waals surface area contributed by atoms with Gasteiger partial charge in [0, 0.05) is 17.4 Å². The van der Waals surface area contributed by atoms with Crippen molar-refractivity contribution in [1.82, 2.24) is 0 Å². The van der Waals surface area contributed by atoms with Gasteiger partial charge >= 0.3 is 0 Å². The lowest BCUT2D eigenvalue weighted by Crippen LogP contribution is -1.83. The van der Waals surface area contributed by atoms with Crippen LogP contribution < -0.4 is 0 Å². The highest BCUT2D eigenvalue weighted by Crippen LogP contribution is 2.05. The number of aryl methyl sites for hydroxylation is 1. The molecule has 0 radical (unpaired) electrons. The van der Waals surface area contributed by atoms with Gasteiger partial charge in [-0.05, 0) is 29.9 Å². The zero-order valence-corrected chi connectivity index (χ0v) is 9.96. The maximum Gasteiger partial charge on any atom is 0.0352 e. The highest BCUT2D eigenvalue weighted by Gasteiger charge is 1.89. The van der Waals surface area contributed by atoms with Crippen LogP contribution in [0.25, 0.3) is 0 Å². The van der Waals surface area contributed by atoms with Crippen molar-refractivity contribution in [2.45, 2.75) is 19.3 Å². The van der Waals surface area contributed by atoms with Crippen molar-refractivity contribution >= 4 is 11.3 Å². The predicted molar refractivity (Wildman–Crippen MR) is 70.6 cm³/mol. The van der Waals surface area contributed by atoms with E-state index in [1.54, 1.807) is 11.3 Å². The largest absolute Gasteiger partial charge is 0.151 e. The fraction of sp³-hybridized carbons (Fsp3) is 0.200. The summed E-state index contributed by atoms with van der Waals surface area (Å²) in [7, 11) is 0. The van der Waals surface area contributed by atoms with Crippen molar-refractivity contribution < 1.29 is 0 Å². The summed E-state index contributed by atoms with van der Waals surface area (Å²) in [5.41, 5.74) is 2.55. The van der Waals surface area contributed by atoms with Gasteiger partial charge in [0.2, 0.25) is 0 Å². The van der Waals surface area contributed by atoms with Gasteiger partial charge in [-0.3, -0.25) is 0 Å². The molecule has 1 heterocycles. The van der Waals surface area contributed by atoms with Gasteiger partial charge in [0.05, 0.1) is 0 Å². The van der Waals surface area contributed by atoms with E-state index < -0.39 is 0 Å². The summed E-state index contributed by atoms with van der Waals surface area (Å²) < 4.78 is 0. The van der Waals surface area contributed by atoms with Crippen LogP contribution in [0.2, 0.25) is 0 Å². The Morgan fingerprint density at radius 2 is 1.94 bits per heavy atom. The van der Waals surface area contributed by atoms with E-state index in [9.17, 15) is 0 Å². The molecule has 16 heavy (non-hydrogen) atoms. The molecular formula is C15H14S. The third-order valence-corrected chi connectivity index (χ3v) is 3.05. The van der Waals surface area contributed by atoms with Gasteiger partial charge in [0.1, 0.15) is 0 Å². The number of hydrogen-bond donors (Lipinski definition) is 0. The summed E-state index contributed by atoms with van der Waals surface area (Å²) in [6, 6.07) is 12.6. The number of unbranched alkanes of at least 4 members (excludes halogenated alkanes) is 1. The lowest BCUT2D eigenvalue weighted by Gasteiger charge is -1.96. The monoisotopic (exact) mass is 226 g/mol. The van der Waals surface area contributed by atoms with Crippen LogP contribution in [0.15, 0.2) is 47.2 Å². The number of benzene rings is 1. The third-order valence-electron chi connectivity index (χ3n) is 2.36. The van der Waals surface area contributed by atoms with Gasteiger partial charge in [0.15, 0.2) is 0 Å². The van der Waals surface area contributed by atoms with Crippen LogP contribution >= 0.6 is 11.3 Å². The summed E-state index contributed by atoms with van der Waals surface area (Å²) in [4.78, 5) is 0. The Morgan fingerprint density at radius 1 is 1.06 bits per heavy atom. The molecule has 0 aliphatic heterocycles. The van der Waals surface area contributed by atoms with E-state index >= 15 is 0 Å². The van der Waals surface area contributed by atoms with E-state index in [1.807, 2.05) is 0 Å². The molecular weight excluding hydrogens is 212 g/mol. The first-order valence-corrected chi connectivity index (χ1v) is 6.44. The number of hydrogen-bond acceptors (Lipinski definition) is 1. The maximum absolute atomic E-state index is 3.21. The standard InChI is InChI=1S/C15H14S/c1-3-7-14(8-4-1)9-5-2-6-10-15-11-12-16-13-15/h1,3-4,7-8,11-13H,2,5,9H2. The van der Waals surface area contributed by atoms with Crippen LogP contribution in [0.5, 0.6) is 0 Å². The van der Waals surface area contributed by atoms with E-state index in [-0.39, 0.29) is 0 Å². The van der Waals surface area contributed by atoms with Crippen molar-refractivity contribution in [2.75, 3.05) is 0 Å². The average Bonchev–Trinajstić information content (AvgIpc) is 2.83. The highest BCUT2D eigenvalue weighted by molar-refractivity contribution is 7.08. The van der Waals surface area contributed by atoms with Crippen molar-refractivity contribution in [3.05, 3.63) is 58.3 Å². The molecule has 2 rings (SSSR count). The second-order valence-corrected chi connectivity index (χ2v) is 4.43. The first-order valence-electron chi connectivity index (χ1n) is 5.50. The maximum atomic E-state index is 3.21. The third kappa shape index (κ3) is 3.56. The van der Waals surface area contributed by atoms with Gasteiger partial charge in [-0.1, -0.05) is 42.2 Å². The summed E-state index contributed by atoms with van der Waals surface area (Å²) in [5, 5.41) is 4.15. The SMILES string of the molecule is C(#Cc1ccsc1)CCCc1ccccc1. The number of rotatable bonds is 3. The minimum atomic E-state index is 0.977. The molecule has 80 valence electrons. The normalized spacial score (nSPS) is 9.50. The summed E-state index contributed by atoms with van der Waals surface area (Å²) >= 11 is 1.70. The lowest BCUT2D eigenvalue weighted by atomic mass is 10.1. The zero-order chi connectivity index (χ0) is 11.1. The molecule has 0 saturated carbocycles. The van der Waals surface area contributed by atoms with Crippen LogP contribution in [0.1, 0.15) is 24.0 Å². The van der Waals surface area contributed by atoms with E-state index in [4.69, 9.17) is 0 Å². The highest BCUT2D eigenvalue weighted by atomic mass is 32.1. The van der Waals surface area contributed by atoms with Crippen LogP contribution in [-0.4, -0.2) is 0 Å². The Hall–Kier alpha value is -1.52. The molecule has 0 bridgehead atoms. The van der Waals surface area contributed by atoms with E-state index in [0.29, 0.717) is 0 Å². The molecule has 0 aliphatic rings. The smallest absolute Gasteiger partial charge is 0.0352 e. The molecule has 0 amide bonds. The van der Waals surface area contributed by atoms with Gasteiger partial charge in [-0.15, -0.1) is 0 Å². The van der Waals surface area contributed by atoms with E-state index in [1.165, 1.54) is 5.56 Å². The Bertz CT molecular complexity index is 457. The second kappa shape index (κ2) is 6.15. The zero-order valence-electron chi connectivity index (χ0n) is 9.15. The van der Waals surface area contributed by atoms with Crippen LogP contribution in [0.3, 0.4) is 0 Å². The quantitative estimate of drug-likeness (QED) is 0.545. The Kier molecular flexibility index (Phi) is 4.22. The van der Waals surface area contributed by atoms with E-state index in [2.05, 4.69) is 59.0 Å². The molecule has 1 heteroatoms. The van der Waals surface area contributed by atoms with Gasteiger partial charge < -0.3 is 0 Å². The minimum absolute atomic E-state index is 0.977. The van der Waals surface area contributed by atoms with Crippen molar-refractivity contribution in [1.29, 1.82) is 0 Å². The first kappa shape index (κ1) is 11.0. The Morgan fingerprint density at radius 3 is 2.69 bits per heavy atom. The molecule has 0 unspecified atom stereocenters. The van der Waals surface area contributed by atoms with Gasteiger partial charge in [0.25, 0.3) is 0 Å². The lowest BCUT2D eigenvalue weighted by molar-refractivity contribution is 0.858. The molecule has 0 atom stereocenters. The molecule has 0 spiro atoms. The average molecular weight is 226 g/mol. The van der Waals surface area contributed by atoms with Crippen molar-refractivity contribution in [2.24, 2.45) is 0 Å². The second-order valence-electron chi connectivity index (χ2n) is 3.65.